The molecule has 0 bridgehead atoms. The molecule has 0 unspecified atom stereocenters. The number of hydrogen-bond acceptors (Lipinski definition) is 4. The van der Waals surface area contributed by atoms with Gasteiger partial charge >= 0.3 is 0 Å². The third-order valence-electron chi connectivity index (χ3n) is 5.66. The van der Waals surface area contributed by atoms with Crippen LogP contribution in [0.15, 0.2) is 29.4 Å². The number of nitrogens with one attached hydrogen (secondary N) is 1. The molecular formula is C22H31FN4OS. The fourth-order valence-corrected chi connectivity index (χ4v) is 4.76. The van der Waals surface area contributed by atoms with Crippen LogP contribution in [0.1, 0.15) is 57.3 Å². The highest BCUT2D eigenvalue weighted by molar-refractivity contribution is 7.98. The number of carbonyl (C=O) groups is 1. The number of benzene rings is 1. The maximum Gasteiger partial charge on any atom is 0.230 e. The average molecular weight is 419 g/mol. The minimum Gasteiger partial charge on any atom is -0.355 e. The Bertz CT molecular complexity index is 830. The summed E-state index contributed by atoms with van der Waals surface area (Å²) in [4.78, 5) is 13.1. The molecule has 0 aliphatic heterocycles. The van der Waals surface area contributed by atoms with E-state index in [0.29, 0.717) is 12.5 Å². The van der Waals surface area contributed by atoms with Gasteiger partial charge in [0.05, 0.1) is 5.41 Å². The molecule has 1 N–H and O–H groups in total. The highest BCUT2D eigenvalue weighted by atomic mass is 32.2. The van der Waals surface area contributed by atoms with Crippen LogP contribution in [-0.4, -0.2) is 33.5 Å². The first-order valence-electron chi connectivity index (χ1n) is 10.5. The fraction of sp³-hybridized carbons (Fsp3) is 0.591. The Morgan fingerprint density at radius 1 is 1.31 bits per heavy atom. The summed E-state index contributed by atoms with van der Waals surface area (Å²) in [6.07, 6.45) is 7.14. The number of hydrogen-bond donors (Lipinski definition) is 1. The topological polar surface area (TPSA) is 59.8 Å². The Kier molecular flexibility index (Phi) is 7.33. The zero-order chi connectivity index (χ0) is 20.9. The lowest BCUT2D eigenvalue weighted by Crippen LogP contribution is -2.43. The van der Waals surface area contributed by atoms with Gasteiger partial charge in [-0.15, -0.1) is 10.2 Å². The number of thioether (sulfide) groups is 1. The van der Waals surface area contributed by atoms with E-state index in [1.54, 1.807) is 17.8 Å². The molecule has 3 rings (SSSR count). The molecule has 158 valence electrons. The van der Waals surface area contributed by atoms with Gasteiger partial charge in [-0.05, 0) is 49.1 Å². The zero-order valence-corrected chi connectivity index (χ0v) is 18.4. The predicted molar refractivity (Wildman–Crippen MR) is 115 cm³/mol. The molecule has 2 aromatic rings. The van der Waals surface area contributed by atoms with Crippen LogP contribution >= 0.6 is 11.8 Å². The first-order chi connectivity index (χ1) is 14.0. The minimum atomic E-state index is -0.591. The Balaban J connectivity index is 1.60. The van der Waals surface area contributed by atoms with Crippen LogP contribution in [0.4, 0.5) is 4.39 Å². The van der Waals surface area contributed by atoms with Crippen molar-refractivity contribution in [1.29, 1.82) is 0 Å². The SMILES string of the molecule is CSc1nnc(CCCNC(=O)C2(c3cccc(F)c3)CCCC2)n1CC(C)C. The summed E-state index contributed by atoms with van der Waals surface area (Å²) in [5, 5.41) is 12.7. The molecule has 7 heteroatoms. The smallest absolute Gasteiger partial charge is 0.230 e. The second kappa shape index (κ2) is 9.74. The average Bonchev–Trinajstić information content (AvgIpc) is 3.33. The fourth-order valence-electron chi connectivity index (χ4n) is 4.23. The lowest BCUT2D eigenvalue weighted by atomic mass is 9.78. The summed E-state index contributed by atoms with van der Waals surface area (Å²) < 4.78 is 15.9. The lowest BCUT2D eigenvalue weighted by molar-refractivity contribution is -0.126. The molecule has 29 heavy (non-hydrogen) atoms. The third-order valence-corrected chi connectivity index (χ3v) is 6.32. The van der Waals surface area contributed by atoms with E-state index in [-0.39, 0.29) is 11.7 Å². The molecule has 0 radical (unpaired) electrons. The summed E-state index contributed by atoms with van der Waals surface area (Å²) in [6, 6.07) is 6.53. The van der Waals surface area contributed by atoms with Gasteiger partial charge in [0.25, 0.3) is 0 Å². The van der Waals surface area contributed by atoms with Crippen molar-refractivity contribution >= 4 is 17.7 Å². The normalized spacial score (nSPS) is 15.8. The molecule has 0 saturated heterocycles. The summed E-state index contributed by atoms with van der Waals surface area (Å²) in [6.45, 7) is 5.84. The van der Waals surface area contributed by atoms with Gasteiger partial charge in [-0.1, -0.05) is 50.6 Å². The van der Waals surface area contributed by atoms with Crippen molar-refractivity contribution < 1.29 is 9.18 Å². The number of halogens is 1. The first-order valence-corrected chi connectivity index (χ1v) is 11.7. The van der Waals surface area contributed by atoms with E-state index < -0.39 is 5.41 Å². The van der Waals surface area contributed by atoms with Crippen molar-refractivity contribution in [3.8, 4) is 0 Å². The number of aromatic nitrogens is 3. The van der Waals surface area contributed by atoms with Crippen molar-refractivity contribution in [2.45, 2.75) is 69.5 Å². The van der Waals surface area contributed by atoms with E-state index in [0.717, 1.165) is 61.6 Å². The van der Waals surface area contributed by atoms with E-state index in [9.17, 15) is 9.18 Å². The molecule has 0 atom stereocenters. The molecule has 1 aromatic heterocycles. The number of nitrogens with zero attached hydrogens (tertiary/aromatic N) is 3. The third kappa shape index (κ3) is 5.00. The van der Waals surface area contributed by atoms with E-state index >= 15 is 0 Å². The van der Waals surface area contributed by atoms with Gasteiger partial charge in [0.15, 0.2) is 5.16 Å². The van der Waals surface area contributed by atoms with E-state index in [4.69, 9.17) is 0 Å². The van der Waals surface area contributed by atoms with Gasteiger partial charge in [-0.2, -0.15) is 0 Å². The summed E-state index contributed by atoms with van der Waals surface area (Å²) in [7, 11) is 0. The molecule has 0 spiro atoms. The number of aryl methyl sites for hydroxylation is 1. The van der Waals surface area contributed by atoms with Gasteiger partial charge in [-0.25, -0.2) is 4.39 Å². The summed E-state index contributed by atoms with van der Waals surface area (Å²) in [5.41, 5.74) is 0.208. The largest absolute Gasteiger partial charge is 0.355 e. The number of carbonyl (C=O) groups excluding carboxylic acids is 1. The molecule has 1 aromatic carbocycles. The van der Waals surface area contributed by atoms with Crippen molar-refractivity contribution in [2.75, 3.05) is 12.8 Å². The van der Waals surface area contributed by atoms with Crippen molar-refractivity contribution in [3.63, 3.8) is 0 Å². The maximum absolute atomic E-state index is 13.8. The van der Waals surface area contributed by atoms with E-state index in [1.807, 2.05) is 12.3 Å². The number of amides is 1. The minimum absolute atomic E-state index is 0.0223. The molecule has 1 aliphatic rings. The Morgan fingerprint density at radius 2 is 2.07 bits per heavy atom. The van der Waals surface area contributed by atoms with Gasteiger partial charge in [-0.3, -0.25) is 4.79 Å². The monoisotopic (exact) mass is 418 g/mol. The Hall–Kier alpha value is -1.89. The molecular weight excluding hydrogens is 387 g/mol. The second-order valence-electron chi connectivity index (χ2n) is 8.27. The van der Waals surface area contributed by atoms with Crippen LogP contribution in [0.3, 0.4) is 0 Å². The molecule has 1 saturated carbocycles. The van der Waals surface area contributed by atoms with Crippen LogP contribution in [-0.2, 0) is 23.2 Å². The predicted octanol–water partition coefficient (Wildman–Crippen LogP) is 4.36. The van der Waals surface area contributed by atoms with Gasteiger partial charge in [0.1, 0.15) is 11.6 Å². The molecule has 1 heterocycles. The van der Waals surface area contributed by atoms with Crippen molar-refractivity contribution in [1.82, 2.24) is 20.1 Å². The highest BCUT2D eigenvalue weighted by Gasteiger charge is 2.42. The van der Waals surface area contributed by atoms with E-state index in [1.165, 1.54) is 12.1 Å². The van der Waals surface area contributed by atoms with Crippen LogP contribution in [0.25, 0.3) is 0 Å². The summed E-state index contributed by atoms with van der Waals surface area (Å²) in [5.74, 6) is 1.23. The van der Waals surface area contributed by atoms with Gasteiger partial charge in [0.2, 0.25) is 5.91 Å². The van der Waals surface area contributed by atoms with Crippen LogP contribution in [0, 0.1) is 11.7 Å². The van der Waals surface area contributed by atoms with Crippen molar-refractivity contribution in [2.24, 2.45) is 5.92 Å². The van der Waals surface area contributed by atoms with Crippen LogP contribution < -0.4 is 5.32 Å². The molecule has 1 fully saturated rings. The highest BCUT2D eigenvalue weighted by Crippen LogP contribution is 2.41. The van der Waals surface area contributed by atoms with Crippen LogP contribution in [0.2, 0.25) is 0 Å². The molecule has 5 nitrogen and oxygen atoms in total. The van der Waals surface area contributed by atoms with Gasteiger partial charge in [0, 0.05) is 19.5 Å². The lowest BCUT2D eigenvalue weighted by Gasteiger charge is -2.28. The Labute approximate surface area is 176 Å². The first kappa shape index (κ1) is 21.8. The van der Waals surface area contributed by atoms with Crippen LogP contribution in [0.5, 0.6) is 0 Å². The number of rotatable bonds is 9. The quantitative estimate of drug-likeness (QED) is 0.486. The zero-order valence-electron chi connectivity index (χ0n) is 17.6. The van der Waals surface area contributed by atoms with Crippen molar-refractivity contribution in [3.05, 3.63) is 41.5 Å². The Morgan fingerprint density at radius 3 is 2.72 bits per heavy atom. The standard InChI is InChI=1S/C22H31FN4OS/c1-16(2)15-27-19(25-26-21(27)29-3)10-7-13-24-20(28)22(11-4-5-12-22)17-8-6-9-18(23)14-17/h6,8-9,14,16H,4-5,7,10-13,15H2,1-3H3,(H,24,28). The van der Waals surface area contributed by atoms with Gasteiger partial charge < -0.3 is 9.88 Å². The molecule has 1 amide bonds. The van der Waals surface area contributed by atoms with E-state index in [2.05, 4.69) is 33.9 Å². The maximum atomic E-state index is 13.8. The second-order valence-corrected chi connectivity index (χ2v) is 9.04. The summed E-state index contributed by atoms with van der Waals surface area (Å²) >= 11 is 1.61. The molecule has 1 aliphatic carbocycles.